The number of thioether (sulfide) groups is 1. The Hall–Kier alpha value is -2.85. The lowest BCUT2D eigenvalue weighted by molar-refractivity contribution is -0.211. The molecule has 37 heavy (non-hydrogen) atoms. The van der Waals surface area contributed by atoms with Crippen LogP contribution < -0.4 is 0 Å². The number of hydrogen-bond donors (Lipinski definition) is 3. The standard InChI is InChI=1S/C27H32N2O7S/c1-28-12-10-25-16-5-7-19(30)27(25,36-23-18(35-2)6-4-15(22(23)25)14-17(16)28)26(24(33)34,11-13-37-3)29-20(31)8-9-21(29)32/h4-9,15-17,22,31-32H,10-14H2,1-3H3,(H,33,34)/t15?,16-,17+,22?,25-,26+,27-/m0/s1. The van der Waals surface area contributed by atoms with Gasteiger partial charge in [-0.25, -0.2) is 4.79 Å². The van der Waals surface area contributed by atoms with Crippen LogP contribution in [0.15, 0.2) is 48.0 Å². The third-order valence-corrected chi connectivity index (χ3v) is 10.3. The number of aromatic nitrogens is 1. The highest BCUT2D eigenvalue weighted by Gasteiger charge is 2.84. The van der Waals surface area contributed by atoms with E-state index in [1.807, 2.05) is 18.4 Å². The third-order valence-electron chi connectivity index (χ3n) is 9.74. The first-order chi connectivity index (χ1) is 17.7. The van der Waals surface area contributed by atoms with Crippen molar-refractivity contribution in [2.45, 2.75) is 36.4 Å². The largest absolute Gasteiger partial charge is 0.494 e. The molecule has 198 valence electrons. The highest BCUT2D eigenvalue weighted by molar-refractivity contribution is 7.98. The Bertz CT molecular complexity index is 1250. The maximum absolute atomic E-state index is 14.5. The molecule has 10 heteroatoms. The second-order valence-corrected chi connectivity index (χ2v) is 11.8. The molecule has 2 bridgehead atoms. The third kappa shape index (κ3) is 2.65. The number of methoxy groups -OCH3 is 1. The van der Waals surface area contributed by atoms with Crippen LogP contribution in [-0.2, 0) is 24.6 Å². The van der Waals surface area contributed by atoms with E-state index in [-0.39, 0.29) is 30.2 Å². The second kappa shape index (κ2) is 8.07. The minimum absolute atomic E-state index is 0.0259. The molecule has 0 amide bonds. The molecular weight excluding hydrogens is 496 g/mol. The molecule has 1 spiro atoms. The summed E-state index contributed by atoms with van der Waals surface area (Å²) >= 11 is 1.44. The normalized spacial score (nSPS) is 37.2. The Labute approximate surface area is 219 Å². The maximum Gasteiger partial charge on any atom is 0.334 e. The Kier molecular flexibility index (Phi) is 5.34. The van der Waals surface area contributed by atoms with E-state index >= 15 is 0 Å². The fourth-order valence-corrected chi connectivity index (χ4v) is 8.95. The van der Waals surface area contributed by atoms with Crippen molar-refractivity contribution < 1.29 is 34.4 Å². The molecule has 1 aromatic heterocycles. The van der Waals surface area contributed by atoms with E-state index in [0.29, 0.717) is 30.2 Å². The Morgan fingerprint density at radius 2 is 2.00 bits per heavy atom. The smallest absolute Gasteiger partial charge is 0.334 e. The Morgan fingerprint density at radius 3 is 2.65 bits per heavy atom. The molecule has 3 fully saturated rings. The van der Waals surface area contributed by atoms with Gasteiger partial charge in [-0.2, -0.15) is 11.8 Å². The number of ether oxygens (including phenoxy) is 2. The zero-order valence-electron chi connectivity index (χ0n) is 21.1. The van der Waals surface area contributed by atoms with Gasteiger partial charge in [0.15, 0.2) is 23.1 Å². The number of piperidine rings is 1. The van der Waals surface area contributed by atoms with Crippen LogP contribution in [-0.4, -0.2) is 80.9 Å². The molecule has 0 radical (unpaired) electrons. The summed E-state index contributed by atoms with van der Waals surface area (Å²) in [5.74, 6) is -1.72. The Balaban J connectivity index is 1.76. The number of hydrogen-bond acceptors (Lipinski definition) is 8. The molecule has 3 heterocycles. The lowest BCUT2D eigenvalue weighted by Gasteiger charge is -2.64. The number of nitrogens with zero attached hydrogens (tertiary/aromatic N) is 2. The quantitative estimate of drug-likeness (QED) is 0.490. The van der Waals surface area contributed by atoms with Gasteiger partial charge in [-0.3, -0.25) is 9.36 Å². The predicted molar refractivity (Wildman–Crippen MR) is 136 cm³/mol. The van der Waals surface area contributed by atoms with Crippen molar-refractivity contribution in [1.29, 1.82) is 0 Å². The van der Waals surface area contributed by atoms with Gasteiger partial charge in [0.2, 0.25) is 11.4 Å². The van der Waals surface area contributed by atoms with Crippen LogP contribution in [0, 0.1) is 23.2 Å². The van der Waals surface area contributed by atoms with Gasteiger partial charge in [-0.1, -0.05) is 12.2 Å². The molecule has 1 aromatic rings. The summed E-state index contributed by atoms with van der Waals surface area (Å²) < 4.78 is 13.6. The highest BCUT2D eigenvalue weighted by Crippen LogP contribution is 2.74. The van der Waals surface area contributed by atoms with Gasteiger partial charge in [-0.15, -0.1) is 0 Å². The molecule has 2 unspecified atom stereocenters. The number of carboxylic acids is 1. The van der Waals surface area contributed by atoms with Crippen LogP contribution in [0.2, 0.25) is 0 Å². The van der Waals surface area contributed by atoms with Crippen molar-refractivity contribution >= 4 is 23.5 Å². The number of carbonyl (C=O) groups excluding carboxylic acids is 1. The summed E-state index contributed by atoms with van der Waals surface area (Å²) in [5, 5.41) is 33.2. The van der Waals surface area contributed by atoms with Crippen LogP contribution in [0.4, 0.5) is 0 Å². The average Bonchev–Trinajstić information content (AvgIpc) is 3.38. The summed E-state index contributed by atoms with van der Waals surface area (Å²) in [4.78, 5) is 30.5. The lowest BCUT2D eigenvalue weighted by Crippen LogP contribution is -2.77. The number of carboxylic acid groups (broad SMARTS) is 1. The van der Waals surface area contributed by atoms with E-state index in [1.165, 1.54) is 30.0 Å². The fourth-order valence-electron chi connectivity index (χ4n) is 8.45. The van der Waals surface area contributed by atoms with Crippen LogP contribution >= 0.6 is 11.8 Å². The SMILES string of the molecule is COC1=C2O[C@@]3([C@@](CCSC)(C(=O)O)n4c(O)ccc4O)C(=O)C=C[C@H]4[C@H]5CC(C=C1)C2[C@]43CCN5C. The summed E-state index contributed by atoms with van der Waals surface area (Å²) in [6.07, 6.45) is 10.6. The number of aliphatic carboxylic acids is 1. The minimum Gasteiger partial charge on any atom is -0.494 e. The number of ketones is 1. The highest BCUT2D eigenvalue weighted by atomic mass is 32.2. The second-order valence-electron chi connectivity index (χ2n) is 10.8. The van der Waals surface area contributed by atoms with Gasteiger partial charge in [0.1, 0.15) is 5.76 Å². The molecule has 3 N–H and O–H groups in total. The first-order valence-corrected chi connectivity index (χ1v) is 14.0. The zero-order chi connectivity index (χ0) is 26.3. The molecule has 3 aliphatic carbocycles. The number of rotatable bonds is 7. The predicted octanol–water partition coefficient (Wildman–Crippen LogP) is 2.71. The van der Waals surface area contributed by atoms with Gasteiger partial charge < -0.3 is 29.7 Å². The number of allylic oxidation sites excluding steroid dienone is 3. The van der Waals surface area contributed by atoms with Gasteiger partial charge >= 0.3 is 5.97 Å². The van der Waals surface area contributed by atoms with Crippen molar-refractivity contribution in [3.05, 3.63) is 48.0 Å². The maximum atomic E-state index is 14.5. The summed E-state index contributed by atoms with van der Waals surface area (Å²) in [6.45, 7) is 0.664. The van der Waals surface area contributed by atoms with E-state index in [4.69, 9.17) is 9.47 Å². The zero-order valence-corrected chi connectivity index (χ0v) is 21.9. The van der Waals surface area contributed by atoms with E-state index < -0.39 is 40.1 Å². The molecule has 2 aliphatic heterocycles. The average molecular weight is 529 g/mol. The molecule has 5 aliphatic rings. The Morgan fingerprint density at radius 1 is 1.27 bits per heavy atom. The molecular formula is C27H32N2O7S. The molecule has 2 saturated heterocycles. The van der Waals surface area contributed by atoms with Crippen LogP contribution in [0.3, 0.4) is 0 Å². The van der Waals surface area contributed by atoms with Gasteiger partial charge in [0.05, 0.1) is 7.11 Å². The van der Waals surface area contributed by atoms with Crippen molar-refractivity contribution in [3.63, 3.8) is 0 Å². The van der Waals surface area contributed by atoms with Gasteiger partial charge in [-0.05, 0) is 62.9 Å². The first-order valence-electron chi connectivity index (χ1n) is 12.6. The monoisotopic (exact) mass is 528 g/mol. The van der Waals surface area contributed by atoms with Crippen LogP contribution in [0.25, 0.3) is 0 Å². The molecule has 0 aromatic carbocycles. The fraction of sp³-hybridized carbons (Fsp3) is 0.556. The van der Waals surface area contributed by atoms with E-state index in [1.54, 1.807) is 7.11 Å². The van der Waals surface area contributed by atoms with Gasteiger partial charge in [0.25, 0.3) is 0 Å². The summed E-state index contributed by atoms with van der Waals surface area (Å²) in [6, 6.07) is 2.59. The topological polar surface area (TPSA) is 121 Å². The molecule has 7 atom stereocenters. The van der Waals surface area contributed by atoms with Gasteiger partial charge in [0, 0.05) is 35.4 Å². The van der Waals surface area contributed by atoms with Crippen molar-refractivity contribution in [2.75, 3.05) is 32.7 Å². The number of aromatic hydroxyl groups is 2. The molecule has 6 rings (SSSR count). The van der Waals surface area contributed by atoms with Crippen LogP contribution in [0.5, 0.6) is 11.8 Å². The molecule has 9 nitrogen and oxygen atoms in total. The number of likely N-dealkylation sites (tertiary alicyclic amines) is 1. The number of carbonyl (C=O) groups is 2. The summed E-state index contributed by atoms with van der Waals surface area (Å²) in [5.41, 5.74) is -4.98. The first kappa shape index (κ1) is 24.5. The minimum atomic E-state index is -2.13. The van der Waals surface area contributed by atoms with E-state index in [2.05, 4.69) is 18.0 Å². The molecule has 1 saturated carbocycles. The van der Waals surface area contributed by atoms with Crippen LogP contribution in [0.1, 0.15) is 19.3 Å². The summed E-state index contributed by atoms with van der Waals surface area (Å²) in [7, 11) is 3.62. The van der Waals surface area contributed by atoms with E-state index in [9.17, 15) is 24.9 Å². The van der Waals surface area contributed by atoms with E-state index in [0.717, 1.165) is 11.0 Å². The van der Waals surface area contributed by atoms with Crippen molar-refractivity contribution in [3.8, 4) is 11.8 Å². The van der Waals surface area contributed by atoms with Crippen molar-refractivity contribution in [1.82, 2.24) is 9.47 Å². The lowest BCUT2D eigenvalue weighted by atomic mass is 9.41. The van der Waals surface area contributed by atoms with Crippen molar-refractivity contribution in [2.24, 2.45) is 23.2 Å².